The first-order valence-corrected chi connectivity index (χ1v) is 4.16. The molecule has 0 aliphatic rings. The summed E-state index contributed by atoms with van der Waals surface area (Å²) >= 11 is 3.32. The molecule has 1 aromatic carbocycles. The van der Waals surface area contributed by atoms with Crippen molar-refractivity contribution in [3.8, 4) is 5.75 Å². The van der Waals surface area contributed by atoms with Gasteiger partial charge in [-0.1, -0.05) is 15.9 Å². The van der Waals surface area contributed by atoms with Crippen molar-refractivity contribution >= 4 is 15.9 Å². The third kappa shape index (κ3) is 3.21. The summed E-state index contributed by atoms with van der Waals surface area (Å²) in [7, 11) is 1.44. The van der Waals surface area contributed by atoms with E-state index in [2.05, 4.69) is 25.7 Å². The van der Waals surface area contributed by atoms with Crippen molar-refractivity contribution in [2.24, 2.45) is 0 Å². The topological polar surface area (TPSA) is 27.7 Å². The van der Waals surface area contributed by atoms with E-state index in [0.717, 1.165) is 10.2 Å². The van der Waals surface area contributed by atoms with Gasteiger partial charge in [0.15, 0.2) is 0 Å². The molecular weight excluding hydrogens is 224 g/mol. The highest BCUT2D eigenvalue weighted by atomic mass is 79.9. The van der Waals surface area contributed by atoms with Crippen LogP contribution in [0, 0.1) is 0 Å². The molecule has 0 unspecified atom stereocenters. The maximum atomic E-state index is 5.13. The van der Waals surface area contributed by atoms with Crippen LogP contribution in [0.25, 0.3) is 0 Å². The van der Waals surface area contributed by atoms with Gasteiger partial charge in [0, 0.05) is 4.47 Å². The van der Waals surface area contributed by atoms with Crippen LogP contribution in [0.4, 0.5) is 0 Å². The second-order valence-electron chi connectivity index (χ2n) is 2.00. The first-order valence-electron chi connectivity index (χ1n) is 3.37. The van der Waals surface area contributed by atoms with Crippen molar-refractivity contribution in [3.63, 3.8) is 0 Å². The summed E-state index contributed by atoms with van der Waals surface area (Å²) in [6.45, 7) is 0.0954. The Kier molecular flexibility index (Phi) is 4.07. The molecule has 66 valence electrons. The molecule has 0 aliphatic carbocycles. The van der Waals surface area contributed by atoms with E-state index in [0.29, 0.717) is 0 Å². The van der Waals surface area contributed by atoms with Crippen LogP contribution in [-0.2, 0) is 9.78 Å². The molecule has 4 heteroatoms. The standard InChI is InChI=1S/C8H9BrO3/c1-10-12-6-11-8-4-2-7(9)3-5-8/h2-5H,6H2,1H3. The molecule has 0 amide bonds. The number of benzene rings is 1. The van der Waals surface area contributed by atoms with Gasteiger partial charge in [0.1, 0.15) is 5.75 Å². The van der Waals surface area contributed by atoms with Gasteiger partial charge >= 0.3 is 0 Å². The van der Waals surface area contributed by atoms with E-state index in [-0.39, 0.29) is 6.79 Å². The molecule has 0 heterocycles. The maximum absolute atomic E-state index is 5.13. The van der Waals surface area contributed by atoms with Crippen LogP contribution in [0.2, 0.25) is 0 Å². The van der Waals surface area contributed by atoms with Crippen LogP contribution < -0.4 is 4.74 Å². The molecule has 12 heavy (non-hydrogen) atoms. The minimum absolute atomic E-state index is 0.0954. The van der Waals surface area contributed by atoms with Gasteiger partial charge < -0.3 is 4.74 Å². The molecule has 3 nitrogen and oxygen atoms in total. The van der Waals surface area contributed by atoms with Gasteiger partial charge in [-0.15, -0.1) is 0 Å². The van der Waals surface area contributed by atoms with Crippen LogP contribution in [0.15, 0.2) is 28.7 Å². The third-order valence-electron chi connectivity index (χ3n) is 1.21. The summed E-state index contributed by atoms with van der Waals surface area (Å²) in [5.74, 6) is 0.746. The molecule has 0 aliphatic heterocycles. The van der Waals surface area contributed by atoms with Crippen molar-refractivity contribution in [2.45, 2.75) is 0 Å². The van der Waals surface area contributed by atoms with Gasteiger partial charge in [-0.05, 0) is 24.3 Å². The maximum Gasteiger partial charge on any atom is 0.221 e. The molecule has 1 aromatic rings. The third-order valence-corrected chi connectivity index (χ3v) is 1.73. The summed E-state index contributed by atoms with van der Waals surface area (Å²) in [6.07, 6.45) is 0. The molecule has 0 aromatic heterocycles. The quantitative estimate of drug-likeness (QED) is 0.346. The number of ether oxygens (including phenoxy) is 1. The summed E-state index contributed by atoms with van der Waals surface area (Å²) < 4.78 is 6.15. The Bertz CT molecular complexity index is 222. The van der Waals surface area contributed by atoms with Crippen LogP contribution in [0.1, 0.15) is 0 Å². The van der Waals surface area contributed by atoms with Crippen LogP contribution in [0.3, 0.4) is 0 Å². The number of hydrogen-bond acceptors (Lipinski definition) is 3. The van der Waals surface area contributed by atoms with Crippen molar-refractivity contribution in [1.82, 2.24) is 0 Å². The van der Waals surface area contributed by atoms with E-state index >= 15 is 0 Å². The first kappa shape index (κ1) is 9.51. The smallest absolute Gasteiger partial charge is 0.221 e. The van der Waals surface area contributed by atoms with E-state index in [1.165, 1.54) is 7.11 Å². The molecular formula is C8H9BrO3. The van der Waals surface area contributed by atoms with Gasteiger partial charge in [0.05, 0.1) is 7.11 Å². The molecule has 0 spiro atoms. The first-order chi connectivity index (χ1) is 5.83. The molecule has 0 radical (unpaired) electrons. The van der Waals surface area contributed by atoms with E-state index < -0.39 is 0 Å². The second-order valence-corrected chi connectivity index (χ2v) is 2.92. The predicted octanol–water partition coefficient (Wildman–Crippen LogP) is 2.36. The van der Waals surface area contributed by atoms with Gasteiger partial charge in [0.2, 0.25) is 6.79 Å². The molecule has 1 rings (SSSR count). The zero-order valence-corrected chi connectivity index (χ0v) is 8.21. The van der Waals surface area contributed by atoms with Crippen molar-refractivity contribution in [2.75, 3.05) is 13.9 Å². The van der Waals surface area contributed by atoms with Crippen molar-refractivity contribution < 1.29 is 14.5 Å². The van der Waals surface area contributed by atoms with E-state index in [9.17, 15) is 0 Å². The summed E-state index contributed by atoms with van der Waals surface area (Å²) in [4.78, 5) is 8.89. The normalized spacial score (nSPS) is 9.83. The fourth-order valence-electron chi connectivity index (χ4n) is 0.671. The fraction of sp³-hybridized carbons (Fsp3) is 0.250. The number of hydrogen-bond donors (Lipinski definition) is 0. The Labute approximate surface area is 79.3 Å². The zero-order valence-electron chi connectivity index (χ0n) is 6.62. The fourth-order valence-corrected chi connectivity index (χ4v) is 0.935. The molecule has 0 fully saturated rings. The van der Waals surface area contributed by atoms with E-state index in [4.69, 9.17) is 4.74 Å². The molecule has 0 saturated carbocycles. The van der Waals surface area contributed by atoms with E-state index in [1.807, 2.05) is 24.3 Å². The van der Waals surface area contributed by atoms with Gasteiger partial charge in [-0.3, -0.25) is 0 Å². The van der Waals surface area contributed by atoms with Gasteiger partial charge in [0.25, 0.3) is 0 Å². The summed E-state index contributed by atoms with van der Waals surface area (Å²) in [6, 6.07) is 7.45. The van der Waals surface area contributed by atoms with E-state index in [1.54, 1.807) is 0 Å². The zero-order chi connectivity index (χ0) is 8.81. The van der Waals surface area contributed by atoms with Gasteiger partial charge in [-0.2, -0.15) is 4.89 Å². The lowest BCUT2D eigenvalue weighted by atomic mass is 10.3. The van der Waals surface area contributed by atoms with Crippen LogP contribution in [0.5, 0.6) is 5.75 Å². The Morgan fingerprint density at radius 1 is 1.25 bits per heavy atom. The predicted molar refractivity (Wildman–Crippen MR) is 47.7 cm³/mol. The minimum Gasteiger partial charge on any atom is -0.465 e. The molecule has 0 atom stereocenters. The lowest BCUT2D eigenvalue weighted by molar-refractivity contribution is -0.303. The summed E-state index contributed by atoms with van der Waals surface area (Å²) in [5, 5.41) is 0. The molecule has 0 saturated heterocycles. The van der Waals surface area contributed by atoms with Crippen LogP contribution >= 0.6 is 15.9 Å². The Morgan fingerprint density at radius 2 is 1.92 bits per heavy atom. The van der Waals surface area contributed by atoms with Crippen LogP contribution in [-0.4, -0.2) is 13.9 Å². The highest BCUT2D eigenvalue weighted by Crippen LogP contribution is 2.15. The van der Waals surface area contributed by atoms with Gasteiger partial charge in [-0.25, -0.2) is 4.89 Å². The number of halogens is 1. The average molecular weight is 233 g/mol. The second kappa shape index (κ2) is 5.13. The minimum atomic E-state index is 0.0954. The lowest BCUT2D eigenvalue weighted by Crippen LogP contribution is -2.01. The SMILES string of the molecule is COOCOc1ccc(Br)cc1. The monoisotopic (exact) mass is 232 g/mol. The Balaban J connectivity index is 2.37. The highest BCUT2D eigenvalue weighted by Gasteiger charge is 1.92. The van der Waals surface area contributed by atoms with Crippen molar-refractivity contribution in [3.05, 3.63) is 28.7 Å². The Hall–Kier alpha value is -0.580. The lowest BCUT2D eigenvalue weighted by Gasteiger charge is -2.03. The van der Waals surface area contributed by atoms with Crippen molar-refractivity contribution in [1.29, 1.82) is 0 Å². The summed E-state index contributed by atoms with van der Waals surface area (Å²) in [5.41, 5.74) is 0. The largest absolute Gasteiger partial charge is 0.465 e. The molecule has 0 bridgehead atoms. The highest BCUT2D eigenvalue weighted by molar-refractivity contribution is 9.10. The Morgan fingerprint density at radius 3 is 2.50 bits per heavy atom. The number of rotatable bonds is 4. The average Bonchev–Trinajstić information content (AvgIpc) is 2.09. The molecule has 0 N–H and O–H groups in total.